The van der Waals surface area contributed by atoms with E-state index in [4.69, 9.17) is 4.74 Å². The van der Waals surface area contributed by atoms with Crippen LogP contribution < -0.4 is 10.1 Å². The minimum Gasteiger partial charge on any atom is -0.489 e. The van der Waals surface area contributed by atoms with E-state index >= 15 is 0 Å². The summed E-state index contributed by atoms with van der Waals surface area (Å²) in [5.41, 5.74) is 1.94. The standard InChI is InChI=1S/C25H27NO4/c1-17(2)23(25(28)29)15-26-24(27)14-18-8-11-22(12-9-18)30-16-19-7-10-20-5-3-4-6-21(20)13-19/h3-13,17,23H,14-16H2,1-2H3,(H,26,27)(H,28,29). The predicted octanol–water partition coefficient (Wildman–Crippen LogP) is 4.43. The summed E-state index contributed by atoms with van der Waals surface area (Å²) in [4.78, 5) is 23.3. The molecule has 5 heteroatoms. The number of hydrogen-bond donors (Lipinski definition) is 2. The van der Waals surface area contributed by atoms with Crippen LogP contribution in [0.5, 0.6) is 5.75 Å². The number of hydrogen-bond acceptors (Lipinski definition) is 3. The Hall–Kier alpha value is -3.34. The van der Waals surface area contributed by atoms with Gasteiger partial charge in [0.1, 0.15) is 12.4 Å². The van der Waals surface area contributed by atoms with Crippen molar-refractivity contribution >= 4 is 22.6 Å². The van der Waals surface area contributed by atoms with Gasteiger partial charge in [-0.3, -0.25) is 9.59 Å². The molecule has 0 spiro atoms. The third kappa shape index (κ3) is 5.83. The molecule has 0 radical (unpaired) electrons. The van der Waals surface area contributed by atoms with E-state index in [2.05, 4.69) is 35.6 Å². The van der Waals surface area contributed by atoms with Crippen molar-refractivity contribution in [3.8, 4) is 5.75 Å². The number of rotatable bonds is 9. The van der Waals surface area contributed by atoms with E-state index < -0.39 is 11.9 Å². The summed E-state index contributed by atoms with van der Waals surface area (Å²) in [5.74, 6) is -0.968. The van der Waals surface area contributed by atoms with Crippen LogP contribution in [0.25, 0.3) is 10.8 Å². The average molecular weight is 405 g/mol. The van der Waals surface area contributed by atoms with Crippen LogP contribution in [0, 0.1) is 11.8 Å². The summed E-state index contributed by atoms with van der Waals surface area (Å²) < 4.78 is 5.87. The Morgan fingerprint density at radius 2 is 1.60 bits per heavy atom. The molecule has 3 rings (SSSR count). The van der Waals surface area contributed by atoms with Gasteiger partial charge in [0.25, 0.3) is 0 Å². The molecule has 0 heterocycles. The van der Waals surface area contributed by atoms with E-state index in [1.807, 2.05) is 50.2 Å². The van der Waals surface area contributed by atoms with Crippen molar-refractivity contribution in [3.63, 3.8) is 0 Å². The number of carboxylic acid groups (broad SMARTS) is 1. The van der Waals surface area contributed by atoms with Gasteiger partial charge in [-0.05, 0) is 46.0 Å². The largest absolute Gasteiger partial charge is 0.489 e. The molecule has 0 saturated carbocycles. The molecule has 156 valence electrons. The molecule has 3 aromatic carbocycles. The lowest BCUT2D eigenvalue weighted by molar-refractivity contribution is -0.143. The van der Waals surface area contributed by atoms with E-state index in [0.717, 1.165) is 16.9 Å². The van der Waals surface area contributed by atoms with Gasteiger partial charge in [0.05, 0.1) is 12.3 Å². The topological polar surface area (TPSA) is 75.6 Å². The highest BCUT2D eigenvalue weighted by Crippen LogP contribution is 2.19. The molecule has 2 N–H and O–H groups in total. The number of benzene rings is 3. The van der Waals surface area contributed by atoms with E-state index in [-0.39, 0.29) is 24.8 Å². The Balaban J connectivity index is 1.50. The summed E-state index contributed by atoms with van der Waals surface area (Å²) in [6.07, 6.45) is 0.204. The van der Waals surface area contributed by atoms with Crippen LogP contribution in [0.4, 0.5) is 0 Å². The number of ether oxygens (including phenoxy) is 1. The van der Waals surface area contributed by atoms with Crippen molar-refractivity contribution in [3.05, 3.63) is 77.9 Å². The van der Waals surface area contributed by atoms with Gasteiger partial charge >= 0.3 is 5.97 Å². The number of carboxylic acids is 1. The number of nitrogens with one attached hydrogen (secondary N) is 1. The highest BCUT2D eigenvalue weighted by molar-refractivity contribution is 5.83. The van der Waals surface area contributed by atoms with E-state index in [0.29, 0.717) is 6.61 Å². The highest BCUT2D eigenvalue weighted by Gasteiger charge is 2.21. The molecule has 0 aliphatic carbocycles. The van der Waals surface area contributed by atoms with Gasteiger partial charge in [0, 0.05) is 6.54 Å². The third-order valence-corrected chi connectivity index (χ3v) is 5.15. The summed E-state index contributed by atoms with van der Waals surface area (Å²) in [6.45, 7) is 4.28. The van der Waals surface area contributed by atoms with Gasteiger partial charge in [-0.25, -0.2) is 0 Å². The van der Waals surface area contributed by atoms with E-state index in [9.17, 15) is 14.7 Å². The number of carbonyl (C=O) groups is 2. The molecule has 30 heavy (non-hydrogen) atoms. The van der Waals surface area contributed by atoms with Gasteiger partial charge in [0.2, 0.25) is 5.91 Å². The second-order valence-electron chi connectivity index (χ2n) is 7.78. The summed E-state index contributed by atoms with van der Waals surface area (Å²) >= 11 is 0. The predicted molar refractivity (Wildman–Crippen MR) is 117 cm³/mol. The molecule has 1 unspecified atom stereocenters. The van der Waals surface area contributed by atoms with Crippen molar-refractivity contribution in [1.82, 2.24) is 5.32 Å². The van der Waals surface area contributed by atoms with Crippen molar-refractivity contribution in [2.75, 3.05) is 6.54 Å². The second-order valence-corrected chi connectivity index (χ2v) is 7.78. The molecule has 3 aromatic rings. The highest BCUT2D eigenvalue weighted by atomic mass is 16.5. The van der Waals surface area contributed by atoms with Crippen molar-refractivity contribution in [2.45, 2.75) is 26.9 Å². The normalized spacial score (nSPS) is 12.0. The number of aliphatic carboxylic acids is 1. The Kier molecular flexibility index (Phi) is 7.07. The zero-order chi connectivity index (χ0) is 21.5. The van der Waals surface area contributed by atoms with Gasteiger partial charge < -0.3 is 15.2 Å². The fourth-order valence-electron chi connectivity index (χ4n) is 3.28. The zero-order valence-electron chi connectivity index (χ0n) is 17.3. The summed E-state index contributed by atoms with van der Waals surface area (Å²) in [7, 11) is 0. The molecule has 0 bridgehead atoms. The van der Waals surface area contributed by atoms with Crippen LogP contribution in [-0.4, -0.2) is 23.5 Å². The lowest BCUT2D eigenvalue weighted by atomic mass is 9.96. The van der Waals surface area contributed by atoms with Gasteiger partial charge in [-0.15, -0.1) is 0 Å². The minimum absolute atomic E-state index is 0.0400. The number of carbonyl (C=O) groups excluding carboxylic acids is 1. The maximum atomic E-state index is 12.1. The van der Waals surface area contributed by atoms with Gasteiger partial charge in [-0.1, -0.05) is 62.4 Å². The minimum atomic E-state index is -0.891. The van der Waals surface area contributed by atoms with Crippen LogP contribution in [0.2, 0.25) is 0 Å². The molecule has 0 fully saturated rings. The first-order valence-electron chi connectivity index (χ1n) is 10.1. The van der Waals surface area contributed by atoms with E-state index in [1.165, 1.54) is 10.8 Å². The Morgan fingerprint density at radius 1 is 0.933 bits per heavy atom. The van der Waals surface area contributed by atoms with Crippen LogP contribution in [0.15, 0.2) is 66.7 Å². The summed E-state index contributed by atoms with van der Waals surface area (Å²) in [5, 5.41) is 14.3. The molecule has 0 saturated heterocycles. The fourth-order valence-corrected chi connectivity index (χ4v) is 3.28. The molecule has 1 atom stereocenters. The Bertz CT molecular complexity index is 1010. The van der Waals surface area contributed by atoms with Crippen molar-refractivity contribution in [2.24, 2.45) is 11.8 Å². The molecule has 1 amide bonds. The maximum absolute atomic E-state index is 12.1. The molecule has 0 aromatic heterocycles. The molecule has 0 aliphatic rings. The van der Waals surface area contributed by atoms with E-state index in [1.54, 1.807) is 0 Å². The quantitative estimate of drug-likeness (QED) is 0.552. The van der Waals surface area contributed by atoms with Gasteiger partial charge in [-0.2, -0.15) is 0 Å². The number of amides is 1. The van der Waals surface area contributed by atoms with Gasteiger partial charge in [0.15, 0.2) is 0 Å². The summed E-state index contributed by atoms with van der Waals surface area (Å²) in [6, 6.07) is 21.9. The fraction of sp³-hybridized carbons (Fsp3) is 0.280. The second kappa shape index (κ2) is 9.92. The van der Waals surface area contributed by atoms with Crippen molar-refractivity contribution < 1.29 is 19.4 Å². The third-order valence-electron chi connectivity index (χ3n) is 5.15. The zero-order valence-corrected chi connectivity index (χ0v) is 17.3. The van der Waals surface area contributed by atoms with Crippen LogP contribution >= 0.6 is 0 Å². The Morgan fingerprint density at radius 3 is 2.27 bits per heavy atom. The first-order chi connectivity index (χ1) is 14.4. The molecule has 0 aliphatic heterocycles. The molecule has 5 nitrogen and oxygen atoms in total. The molecular weight excluding hydrogens is 378 g/mol. The average Bonchev–Trinajstić information content (AvgIpc) is 2.72. The monoisotopic (exact) mass is 405 g/mol. The maximum Gasteiger partial charge on any atom is 0.308 e. The SMILES string of the molecule is CC(C)C(CNC(=O)Cc1ccc(OCc2ccc3ccccc3c2)cc1)C(=O)O. The van der Waals surface area contributed by atoms with Crippen LogP contribution in [0.1, 0.15) is 25.0 Å². The first-order valence-corrected chi connectivity index (χ1v) is 10.1. The lowest BCUT2D eigenvalue weighted by Gasteiger charge is -2.16. The lowest BCUT2D eigenvalue weighted by Crippen LogP contribution is -2.36. The number of fused-ring (bicyclic) bond motifs is 1. The first kappa shape index (κ1) is 21.4. The molecular formula is C25H27NO4. The van der Waals surface area contributed by atoms with Crippen LogP contribution in [0.3, 0.4) is 0 Å². The smallest absolute Gasteiger partial charge is 0.308 e. The van der Waals surface area contributed by atoms with Crippen molar-refractivity contribution in [1.29, 1.82) is 0 Å². The van der Waals surface area contributed by atoms with Crippen LogP contribution in [-0.2, 0) is 22.6 Å². The Labute approximate surface area is 176 Å².